The van der Waals surface area contributed by atoms with Gasteiger partial charge in [-0.3, -0.25) is 4.79 Å². The van der Waals surface area contributed by atoms with Crippen LogP contribution in [-0.4, -0.2) is 32.1 Å². The number of amides is 1. The van der Waals surface area contributed by atoms with Crippen LogP contribution in [0.25, 0.3) is 0 Å². The van der Waals surface area contributed by atoms with Crippen molar-refractivity contribution in [3.63, 3.8) is 0 Å². The van der Waals surface area contributed by atoms with E-state index in [2.05, 4.69) is 22.8 Å². The van der Waals surface area contributed by atoms with E-state index in [9.17, 15) is 4.79 Å². The molecule has 1 amide bonds. The molecule has 1 aliphatic heterocycles. The first kappa shape index (κ1) is 19.9. The van der Waals surface area contributed by atoms with Crippen LogP contribution in [0.5, 0.6) is 0 Å². The van der Waals surface area contributed by atoms with Crippen LogP contribution >= 0.6 is 12.4 Å². The fraction of sp³-hybridized carbons (Fsp3) is 0.611. The van der Waals surface area contributed by atoms with Crippen LogP contribution in [0.1, 0.15) is 37.7 Å². The summed E-state index contributed by atoms with van der Waals surface area (Å²) in [6, 6.07) is 10.2. The Kier molecular flexibility index (Phi) is 10.7. The van der Waals surface area contributed by atoms with Crippen LogP contribution in [0.3, 0.4) is 0 Å². The molecule has 1 saturated heterocycles. The van der Waals surface area contributed by atoms with E-state index in [4.69, 9.17) is 4.74 Å². The highest BCUT2D eigenvalue weighted by Gasteiger charge is 2.15. The molecule has 0 radical (unpaired) electrons. The standard InChI is InChI=1S/C18H28N2O2.ClH/c21-18(9-8-16-10-12-19-14-16)20-11-4-5-13-22-15-17-6-2-1-3-7-17;/h1-3,6-7,16,19H,4-5,8-15H2,(H,20,21);1H. The quantitative estimate of drug-likeness (QED) is 0.644. The lowest BCUT2D eigenvalue weighted by Gasteiger charge is -2.09. The third kappa shape index (κ3) is 8.94. The van der Waals surface area contributed by atoms with Crippen LogP contribution < -0.4 is 10.6 Å². The Morgan fingerprint density at radius 3 is 2.83 bits per heavy atom. The van der Waals surface area contributed by atoms with Gasteiger partial charge >= 0.3 is 0 Å². The lowest BCUT2D eigenvalue weighted by molar-refractivity contribution is -0.121. The molecule has 1 atom stereocenters. The van der Waals surface area contributed by atoms with Crippen molar-refractivity contribution >= 4 is 18.3 Å². The summed E-state index contributed by atoms with van der Waals surface area (Å²) in [5.74, 6) is 0.884. The summed E-state index contributed by atoms with van der Waals surface area (Å²) in [7, 11) is 0. The highest BCUT2D eigenvalue weighted by atomic mass is 35.5. The van der Waals surface area contributed by atoms with Gasteiger partial charge in [0.15, 0.2) is 0 Å². The number of carbonyl (C=O) groups is 1. The predicted molar refractivity (Wildman–Crippen MR) is 95.8 cm³/mol. The molecule has 1 aliphatic rings. The highest BCUT2D eigenvalue weighted by Crippen LogP contribution is 2.13. The number of unbranched alkanes of at least 4 members (excludes halogenated alkanes) is 1. The zero-order chi connectivity index (χ0) is 15.5. The summed E-state index contributed by atoms with van der Waals surface area (Å²) in [6.45, 7) is 4.36. The highest BCUT2D eigenvalue weighted by molar-refractivity contribution is 5.85. The largest absolute Gasteiger partial charge is 0.377 e. The third-order valence-corrected chi connectivity index (χ3v) is 4.09. The number of nitrogens with one attached hydrogen (secondary N) is 2. The molecule has 2 N–H and O–H groups in total. The molecule has 1 aromatic rings. The predicted octanol–water partition coefficient (Wildman–Crippen LogP) is 2.91. The van der Waals surface area contributed by atoms with E-state index in [-0.39, 0.29) is 18.3 Å². The molecule has 1 unspecified atom stereocenters. The average Bonchev–Trinajstić information content (AvgIpc) is 3.06. The molecule has 5 heteroatoms. The third-order valence-electron chi connectivity index (χ3n) is 4.09. The molecule has 2 rings (SSSR count). The van der Waals surface area contributed by atoms with Gasteiger partial charge in [0, 0.05) is 19.6 Å². The van der Waals surface area contributed by atoms with E-state index in [1.807, 2.05) is 18.2 Å². The molecule has 4 nitrogen and oxygen atoms in total. The topological polar surface area (TPSA) is 50.4 Å². The van der Waals surface area contributed by atoms with Gasteiger partial charge in [0.25, 0.3) is 0 Å². The van der Waals surface area contributed by atoms with Crippen molar-refractivity contribution in [3.05, 3.63) is 35.9 Å². The Hall–Kier alpha value is -1.10. The second-order valence-corrected chi connectivity index (χ2v) is 5.99. The molecule has 1 fully saturated rings. The SMILES string of the molecule is Cl.O=C(CCC1CCNC1)NCCCCOCc1ccccc1. The van der Waals surface area contributed by atoms with Gasteiger partial charge in [0.1, 0.15) is 0 Å². The maximum absolute atomic E-state index is 11.7. The minimum Gasteiger partial charge on any atom is -0.377 e. The molecule has 0 aromatic heterocycles. The molecule has 1 heterocycles. The van der Waals surface area contributed by atoms with Crippen molar-refractivity contribution in [2.75, 3.05) is 26.2 Å². The zero-order valence-corrected chi connectivity index (χ0v) is 14.6. The summed E-state index contributed by atoms with van der Waals surface area (Å²) < 4.78 is 5.62. The number of ether oxygens (including phenoxy) is 1. The number of hydrogen-bond donors (Lipinski definition) is 2. The van der Waals surface area contributed by atoms with Crippen molar-refractivity contribution < 1.29 is 9.53 Å². The van der Waals surface area contributed by atoms with Gasteiger partial charge in [-0.15, -0.1) is 12.4 Å². The molecule has 0 aliphatic carbocycles. The minimum absolute atomic E-state index is 0. The number of rotatable bonds is 10. The van der Waals surface area contributed by atoms with Gasteiger partial charge in [0.2, 0.25) is 5.91 Å². The zero-order valence-electron chi connectivity index (χ0n) is 13.8. The molecular weight excluding hydrogens is 312 g/mol. The van der Waals surface area contributed by atoms with Gasteiger partial charge in [-0.2, -0.15) is 0 Å². The number of carbonyl (C=O) groups excluding carboxylic acids is 1. The van der Waals surface area contributed by atoms with Gasteiger partial charge < -0.3 is 15.4 Å². The summed E-state index contributed by atoms with van der Waals surface area (Å²) in [4.78, 5) is 11.7. The van der Waals surface area contributed by atoms with Crippen molar-refractivity contribution in [1.29, 1.82) is 0 Å². The summed E-state index contributed by atoms with van der Waals surface area (Å²) in [5.41, 5.74) is 1.21. The number of benzene rings is 1. The molecule has 0 spiro atoms. The maximum atomic E-state index is 11.7. The first-order valence-electron chi connectivity index (χ1n) is 8.43. The van der Waals surface area contributed by atoms with Crippen molar-refractivity contribution in [1.82, 2.24) is 10.6 Å². The van der Waals surface area contributed by atoms with Gasteiger partial charge in [-0.25, -0.2) is 0 Å². The fourth-order valence-electron chi connectivity index (χ4n) is 2.71. The fourth-order valence-corrected chi connectivity index (χ4v) is 2.71. The average molecular weight is 341 g/mol. The van der Waals surface area contributed by atoms with Crippen LogP contribution in [0, 0.1) is 5.92 Å². The van der Waals surface area contributed by atoms with Gasteiger partial charge in [-0.05, 0) is 50.3 Å². The molecule has 0 saturated carbocycles. The van der Waals surface area contributed by atoms with E-state index < -0.39 is 0 Å². The van der Waals surface area contributed by atoms with E-state index in [1.54, 1.807) is 0 Å². The Labute approximate surface area is 145 Å². The monoisotopic (exact) mass is 340 g/mol. The normalized spacial score (nSPS) is 16.8. The molecule has 23 heavy (non-hydrogen) atoms. The maximum Gasteiger partial charge on any atom is 0.220 e. The number of halogens is 1. The van der Waals surface area contributed by atoms with Crippen molar-refractivity contribution in [2.24, 2.45) is 5.92 Å². The summed E-state index contributed by atoms with van der Waals surface area (Å²) in [5, 5.41) is 6.33. The van der Waals surface area contributed by atoms with Crippen LogP contribution in [0.15, 0.2) is 30.3 Å². The van der Waals surface area contributed by atoms with Crippen LogP contribution in [-0.2, 0) is 16.1 Å². The van der Waals surface area contributed by atoms with E-state index in [0.29, 0.717) is 18.9 Å². The van der Waals surface area contributed by atoms with E-state index in [0.717, 1.165) is 45.5 Å². The minimum atomic E-state index is 0. The molecular formula is C18H29ClN2O2. The van der Waals surface area contributed by atoms with Gasteiger partial charge in [-0.1, -0.05) is 30.3 Å². The van der Waals surface area contributed by atoms with Gasteiger partial charge in [0.05, 0.1) is 6.61 Å². The lowest BCUT2D eigenvalue weighted by atomic mass is 10.0. The van der Waals surface area contributed by atoms with E-state index in [1.165, 1.54) is 12.0 Å². The van der Waals surface area contributed by atoms with Crippen molar-refractivity contribution in [3.8, 4) is 0 Å². The Morgan fingerprint density at radius 1 is 1.26 bits per heavy atom. The summed E-state index contributed by atoms with van der Waals surface area (Å²) >= 11 is 0. The van der Waals surface area contributed by atoms with Crippen molar-refractivity contribution in [2.45, 2.75) is 38.7 Å². The Morgan fingerprint density at radius 2 is 2.09 bits per heavy atom. The second-order valence-electron chi connectivity index (χ2n) is 5.99. The first-order valence-corrected chi connectivity index (χ1v) is 8.43. The molecule has 1 aromatic carbocycles. The summed E-state index contributed by atoms with van der Waals surface area (Å²) in [6.07, 6.45) is 4.85. The van der Waals surface area contributed by atoms with Crippen LogP contribution in [0.2, 0.25) is 0 Å². The first-order chi connectivity index (χ1) is 10.8. The molecule has 0 bridgehead atoms. The number of hydrogen-bond acceptors (Lipinski definition) is 3. The lowest BCUT2D eigenvalue weighted by Crippen LogP contribution is -2.25. The Bertz CT molecular complexity index is 422. The second kappa shape index (κ2) is 12.3. The van der Waals surface area contributed by atoms with Crippen LogP contribution in [0.4, 0.5) is 0 Å². The Balaban J connectivity index is 0.00000264. The molecule has 130 valence electrons. The smallest absolute Gasteiger partial charge is 0.220 e. The van der Waals surface area contributed by atoms with E-state index >= 15 is 0 Å².